The van der Waals surface area contributed by atoms with Crippen LogP contribution in [0.25, 0.3) is 22.2 Å². The van der Waals surface area contributed by atoms with Crippen LogP contribution in [0.3, 0.4) is 0 Å². The van der Waals surface area contributed by atoms with Gasteiger partial charge in [0.15, 0.2) is 11.3 Å². The lowest BCUT2D eigenvalue weighted by atomic mass is 10.0. The van der Waals surface area contributed by atoms with E-state index in [2.05, 4.69) is 15.1 Å². The van der Waals surface area contributed by atoms with Crippen LogP contribution in [-0.4, -0.2) is 31.9 Å². The first-order chi connectivity index (χ1) is 10.6. The molecule has 22 heavy (non-hydrogen) atoms. The molecule has 108 valence electrons. The van der Waals surface area contributed by atoms with Gasteiger partial charge >= 0.3 is 5.97 Å². The van der Waals surface area contributed by atoms with Gasteiger partial charge in [0.25, 0.3) is 0 Å². The molecule has 0 aliphatic rings. The second kappa shape index (κ2) is 5.23. The van der Waals surface area contributed by atoms with Crippen LogP contribution in [0.5, 0.6) is 0 Å². The van der Waals surface area contributed by atoms with Crippen molar-refractivity contribution in [2.45, 2.75) is 0 Å². The maximum Gasteiger partial charge on any atom is 0.357 e. The third-order valence-electron chi connectivity index (χ3n) is 3.26. The summed E-state index contributed by atoms with van der Waals surface area (Å²) in [6.07, 6.45) is 3.07. The lowest BCUT2D eigenvalue weighted by Gasteiger charge is -2.04. The van der Waals surface area contributed by atoms with Gasteiger partial charge in [-0.1, -0.05) is 12.1 Å². The molecule has 0 fully saturated rings. The summed E-state index contributed by atoms with van der Waals surface area (Å²) >= 11 is 0. The summed E-state index contributed by atoms with van der Waals surface area (Å²) in [4.78, 5) is 29.6. The fourth-order valence-corrected chi connectivity index (χ4v) is 2.36. The molecule has 1 aromatic carbocycles. The van der Waals surface area contributed by atoms with Gasteiger partial charge in [0.2, 0.25) is 6.08 Å². The number of fused-ring (bicyclic) bond motifs is 1. The van der Waals surface area contributed by atoms with Crippen molar-refractivity contribution < 1.29 is 14.7 Å². The van der Waals surface area contributed by atoms with Crippen molar-refractivity contribution in [3.8, 4) is 11.1 Å². The molecule has 0 aliphatic carbocycles. The molecule has 7 heteroatoms. The molecule has 0 saturated heterocycles. The van der Waals surface area contributed by atoms with E-state index in [0.717, 1.165) is 5.56 Å². The van der Waals surface area contributed by atoms with E-state index in [-0.39, 0.29) is 5.69 Å². The number of hydrogen-bond acceptors (Lipinski definition) is 5. The van der Waals surface area contributed by atoms with Gasteiger partial charge in [-0.05, 0) is 29.3 Å². The van der Waals surface area contributed by atoms with Crippen LogP contribution in [0.4, 0.5) is 5.69 Å². The van der Waals surface area contributed by atoms with E-state index in [1.54, 1.807) is 43.6 Å². The fourth-order valence-electron chi connectivity index (χ4n) is 2.36. The van der Waals surface area contributed by atoms with Gasteiger partial charge in [-0.15, -0.1) is 0 Å². The van der Waals surface area contributed by atoms with Crippen molar-refractivity contribution in [3.63, 3.8) is 0 Å². The Balaban J connectivity index is 2.33. The third-order valence-corrected chi connectivity index (χ3v) is 3.26. The normalized spacial score (nSPS) is 10.4. The predicted molar refractivity (Wildman–Crippen MR) is 78.7 cm³/mol. The molecular weight excluding hydrogens is 284 g/mol. The number of pyridine rings is 1. The van der Waals surface area contributed by atoms with Crippen LogP contribution in [0.2, 0.25) is 0 Å². The molecule has 3 aromatic rings. The first-order valence-corrected chi connectivity index (χ1v) is 6.35. The zero-order valence-electron chi connectivity index (χ0n) is 11.5. The third kappa shape index (κ3) is 2.15. The smallest absolute Gasteiger partial charge is 0.357 e. The molecule has 0 bridgehead atoms. The van der Waals surface area contributed by atoms with Crippen LogP contribution >= 0.6 is 0 Å². The van der Waals surface area contributed by atoms with E-state index in [0.29, 0.717) is 22.3 Å². The molecule has 2 heterocycles. The number of carboxylic acids is 1. The average Bonchev–Trinajstić information content (AvgIpc) is 2.86. The molecule has 3 rings (SSSR count). The van der Waals surface area contributed by atoms with Crippen LogP contribution in [0.1, 0.15) is 10.5 Å². The van der Waals surface area contributed by atoms with E-state index >= 15 is 0 Å². The van der Waals surface area contributed by atoms with E-state index in [9.17, 15) is 14.7 Å². The van der Waals surface area contributed by atoms with Gasteiger partial charge in [0.05, 0.1) is 11.1 Å². The largest absolute Gasteiger partial charge is 0.476 e. The van der Waals surface area contributed by atoms with Gasteiger partial charge < -0.3 is 5.11 Å². The predicted octanol–water partition coefficient (Wildman–Crippen LogP) is 2.30. The lowest BCUT2D eigenvalue weighted by Crippen LogP contribution is -1.99. The number of aromatic carboxylic acids is 1. The van der Waals surface area contributed by atoms with Crippen molar-refractivity contribution >= 4 is 28.8 Å². The standard InChI is InChI=1S/C15H10N4O3/c1-19-14-12(13(18-19)15(21)22)11(5-6-16-14)9-3-2-4-10(7-9)17-8-20/h2-7H,1H3,(H,21,22). The number of carbonyl (C=O) groups excluding carboxylic acids is 1. The second-order valence-electron chi connectivity index (χ2n) is 4.59. The molecule has 1 N–H and O–H groups in total. The van der Waals surface area contributed by atoms with Crippen molar-refractivity contribution in [3.05, 3.63) is 42.2 Å². The highest BCUT2D eigenvalue weighted by molar-refractivity contribution is 6.07. The summed E-state index contributed by atoms with van der Waals surface area (Å²) in [5.74, 6) is -1.12. The Labute approximate surface area is 124 Å². The molecule has 0 spiro atoms. The number of isocyanates is 1. The maximum atomic E-state index is 11.4. The Bertz CT molecular complexity index is 939. The summed E-state index contributed by atoms with van der Waals surface area (Å²) < 4.78 is 1.43. The minimum absolute atomic E-state index is 0.0649. The Morgan fingerprint density at radius 1 is 1.36 bits per heavy atom. The second-order valence-corrected chi connectivity index (χ2v) is 4.59. The Hall–Kier alpha value is -3.31. The monoisotopic (exact) mass is 294 g/mol. The number of rotatable bonds is 3. The topological polar surface area (TPSA) is 97.4 Å². The van der Waals surface area contributed by atoms with Crippen molar-refractivity contribution in [1.29, 1.82) is 0 Å². The SMILES string of the molecule is Cn1nc(C(=O)O)c2c(-c3cccc(N=C=O)c3)ccnc21. The highest BCUT2D eigenvalue weighted by Gasteiger charge is 2.19. The van der Waals surface area contributed by atoms with E-state index < -0.39 is 5.97 Å². The average molecular weight is 294 g/mol. The summed E-state index contributed by atoms with van der Waals surface area (Å²) in [6, 6.07) is 8.58. The number of hydrogen-bond donors (Lipinski definition) is 1. The first kappa shape index (κ1) is 13.7. The number of aryl methyl sites for hydroxylation is 1. The lowest BCUT2D eigenvalue weighted by molar-refractivity contribution is 0.0691. The minimum atomic E-state index is -1.12. The highest BCUT2D eigenvalue weighted by Crippen LogP contribution is 2.31. The number of aromatic nitrogens is 3. The summed E-state index contributed by atoms with van der Waals surface area (Å²) in [5, 5.41) is 13.8. The van der Waals surface area contributed by atoms with Crippen LogP contribution in [-0.2, 0) is 11.8 Å². The number of carboxylic acid groups (broad SMARTS) is 1. The maximum absolute atomic E-state index is 11.4. The Morgan fingerprint density at radius 3 is 2.91 bits per heavy atom. The number of benzene rings is 1. The molecule has 2 aromatic heterocycles. The Morgan fingerprint density at radius 2 is 2.18 bits per heavy atom. The van der Waals surface area contributed by atoms with E-state index in [4.69, 9.17) is 0 Å². The van der Waals surface area contributed by atoms with E-state index in [1.807, 2.05) is 0 Å². The van der Waals surface area contributed by atoms with Gasteiger partial charge in [-0.3, -0.25) is 0 Å². The molecule has 0 aliphatic heterocycles. The summed E-state index contributed by atoms with van der Waals surface area (Å²) in [7, 11) is 1.64. The first-order valence-electron chi connectivity index (χ1n) is 6.35. The zero-order valence-corrected chi connectivity index (χ0v) is 11.5. The van der Waals surface area contributed by atoms with Gasteiger partial charge in [-0.25, -0.2) is 19.3 Å². The van der Waals surface area contributed by atoms with Gasteiger partial charge in [0.1, 0.15) is 0 Å². The van der Waals surface area contributed by atoms with Crippen molar-refractivity contribution in [2.75, 3.05) is 0 Å². The molecule has 7 nitrogen and oxygen atoms in total. The molecule has 0 unspecified atom stereocenters. The summed E-state index contributed by atoms with van der Waals surface area (Å²) in [5.41, 5.74) is 2.24. The zero-order chi connectivity index (χ0) is 15.7. The molecular formula is C15H10N4O3. The summed E-state index contributed by atoms with van der Waals surface area (Å²) in [6.45, 7) is 0. The van der Waals surface area contributed by atoms with Crippen molar-refractivity contribution in [2.24, 2.45) is 12.0 Å². The van der Waals surface area contributed by atoms with E-state index in [1.165, 1.54) is 10.8 Å². The number of carbonyl (C=O) groups is 1. The van der Waals surface area contributed by atoms with Crippen LogP contribution < -0.4 is 0 Å². The highest BCUT2D eigenvalue weighted by atomic mass is 16.4. The van der Waals surface area contributed by atoms with Crippen LogP contribution in [0, 0.1) is 0 Å². The Kier molecular flexibility index (Phi) is 3.25. The molecule has 0 atom stereocenters. The van der Waals surface area contributed by atoms with Gasteiger partial charge in [-0.2, -0.15) is 10.1 Å². The quantitative estimate of drug-likeness (QED) is 0.590. The fraction of sp³-hybridized carbons (Fsp3) is 0.0667. The molecule has 0 amide bonds. The van der Waals surface area contributed by atoms with Crippen LogP contribution in [0.15, 0.2) is 41.5 Å². The van der Waals surface area contributed by atoms with Crippen molar-refractivity contribution in [1.82, 2.24) is 14.8 Å². The number of nitrogens with zero attached hydrogens (tertiary/aromatic N) is 4. The van der Waals surface area contributed by atoms with Gasteiger partial charge in [0, 0.05) is 13.2 Å². The number of aliphatic imine (C=N–C) groups is 1. The molecule has 0 saturated carbocycles. The molecule has 0 radical (unpaired) electrons. The minimum Gasteiger partial charge on any atom is -0.476 e.